The third-order valence-corrected chi connectivity index (χ3v) is 4.94. The number of aromatic nitrogens is 1. The molecule has 0 saturated carbocycles. The number of rotatable bonds is 5. The minimum Gasteiger partial charge on any atom is -0.334 e. The Hall–Kier alpha value is -2.44. The van der Waals surface area contributed by atoms with Gasteiger partial charge in [-0.3, -0.25) is 10.2 Å². The van der Waals surface area contributed by atoms with Gasteiger partial charge in [-0.1, -0.05) is 30.3 Å². The summed E-state index contributed by atoms with van der Waals surface area (Å²) in [4.78, 5) is 21.1. The summed E-state index contributed by atoms with van der Waals surface area (Å²) in [6.45, 7) is 7.99. The zero-order valence-electron chi connectivity index (χ0n) is 16.2. The van der Waals surface area contributed by atoms with Crippen molar-refractivity contribution >= 4 is 11.8 Å². The van der Waals surface area contributed by atoms with Crippen LogP contribution in [0, 0.1) is 6.92 Å². The highest BCUT2D eigenvalue weighted by atomic mass is 16.2. The summed E-state index contributed by atoms with van der Waals surface area (Å²) in [6, 6.07) is 12.0. The van der Waals surface area contributed by atoms with Gasteiger partial charge in [-0.05, 0) is 56.2 Å². The maximum Gasteiger partial charge on any atom is 0.320 e. The fourth-order valence-corrected chi connectivity index (χ4v) is 3.23. The van der Waals surface area contributed by atoms with E-state index in [9.17, 15) is 4.79 Å². The van der Waals surface area contributed by atoms with Crippen LogP contribution in [0.1, 0.15) is 23.1 Å². The first-order valence-electron chi connectivity index (χ1n) is 9.55. The van der Waals surface area contributed by atoms with E-state index in [2.05, 4.69) is 56.7 Å². The number of hydrogen-bond acceptors (Lipinski definition) is 4. The second-order valence-corrected chi connectivity index (χ2v) is 7.23. The molecule has 1 saturated heterocycles. The predicted molar refractivity (Wildman–Crippen MR) is 109 cm³/mol. The van der Waals surface area contributed by atoms with Crippen molar-refractivity contribution in [3.63, 3.8) is 0 Å². The first-order chi connectivity index (χ1) is 13.1. The molecule has 6 heteroatoms. The smallest absolute Gasteiger partial charge is 0.320 e. The molecule has 6 nitrogen and oxygen atoms in total. The van der Waals surface area contributed by atoms with Crippen molar-refractivity contribution in [3.05, 3.63) is 59.3 Å². The molecule has 1 aromatic carbocycles. The molecule has 27 heavy (non-hydrogen) atoms. The molecule has 0 bridgehead atoms. The SMILES string of the molecule is Cc1cccnc1NC(=O)NCc1ccc(CN2CCCN(C)CC2)cc1. The second kappa shape index (κ2) is 9.48. The fraction of sp³-hybridized carbons (Fsp3) is 0.429. The van der Waals surface area contributed by atoms with E-state index >= 15 is 0 Å². The maximum absolute atomic E-state index is 12.1. The summed E-state index contributed by atoms with van der Waals surface area (Å²) < 4.78 is 0. The van der Waals surface area contributed by atoms with Gasteiger partial charge < -0.3 is 10.2 Å². The van der Waals surface area contributed by atoms with Crippen LogP contribution in [-0.2, 0) is 13.1 Å². The van der Waals surface area contributed by atoms with Crippen molar-refractivity contribution in [1.29, 1.82) is 0 Å². The van der Waals surface area contributed by atoms with Crippen molar-refractivity contribution in [3.8, 4) is 0 Å². The van der Waals surface area contributed by atoms with E-state index in [1.165, 1.54) is 18.5 Å². The molecule has 0 atom stereocenters. The van der Waals surface area contributed by atoms with Gasteiger partial charge in [0.2, 0.25) is 0 Å². The molecule has 0 radical (unpaired) electrons. The number of carbonyl (C=O) groups is 1. The molecular formula is C21H29N5O. The Morgan fingerprint density at radius 2 is 1.85 bits per heavy atom. The number of hydrogen-bond donors (Lipinski definition) is 2. The van der Waals surface area contributed by atoms with Crippen LogP contribution in [0.2, 0.25) is 0 Å². The number of amides is 2. The van der Waals surface area contributed by atoms with Gasteiger partial charge >= 0.3 is 6.03 Å². The molecule has 0 spiro atoms. The minimum absolute atomic E-state index is 0.241. The van der Waals surface area contributed by atoms with Crippen LogP contribution >= 0.6 is 0 Å². The van der Waals surface area contributed by atoms with Crippen LogP contribution in [-0.4, -0.2) is 54.0 Å². The number of carbonyl (C=O) groups excluding carboxylic acids is 1. The first kappa shape index (κ1) is 19.3. The third kappa shape index (κ3) is 6.05. The molecule has 2 amide bonds. The molecule has 0 unspecified atom stereocenters. The van der Waals surface area contributed by atoms with Crippen molar-refractivity contribution in [2.45, 2.75) is 26.4 Å². The molecule has 3 rings (SSSR count). The maximum atomic E-state index is 12.1. The number of aryl methyl sites for hydroxylation is 1. The molecule has 1 aliphatic rings. The number of benzene rings is 1. The zero-order chi connectivity index (χ0) is 19.1. The van der Waals surface area contributed by atoms with Crippen molar-refractivity contribution in [2.75, 3.05) is 38.5 Å². The van der Waals surface area contributed by atoms with Crippen LogP contribution in [0.5, 0.6) is 0 Å². The fourth-order valence-electron chi connectivity index (χ4n) is 3.23. The van der Waals surface area contributed by atoms with Gasteiger partial charge in [0.05, 0.1) is 0 Å². The minimum atomic E-state index is -0.241. The van der Waals surface area contributed by atoms with Gasteiger partial charge in [0.1, 0.15) is 5.82 Å². The van der Waals surface area contributed by atoms with Crippen LogP contribution in [0.4, 0.5) is 10.6 Å². The van der Waals surface area contributed by atoms with Crippen molar-refractivity contribution in [1.82, 2.24) is 20.1 Å². The summed E-state index contributed by atoms with van der Waals surface area (Å²) in [5, 5.41) is 5.67. The van der Waals surface area contributed by atoms with Crippen LogP contribution < -0.4 is 10.6 Å². The highest BCUT2D eigenvalue weighted by Gasteiger charge is 2.12. The lowest BCUT2D eigenvalue weighted by molar-refractivity contribution is 0.251. The van der Waals surface area contributed by atoms with Gasteiger partial charge in [-0.15, -0.1) is 0 Å². The summed E-state index contributed by atoms with van der Waals surface area (Å²) in [5.74, 6) is 0.591. The van der Waals surface area contributed by atoms with E-state index < -0.39 is 0 Å². The molecule has 2 N–H and O–H groups in total. The highest BCUT2D eigenvalue weighted by molar-refractivity contribution is 5.88. The highest BCUT2D eigenvalue weighted by Crippen LogP contribution is 2.11. The molecule has 1 fully saturated rings. The Kier molecular flexibility index (Phi) is 6.79. The van der Waals surface area contributed by atoms with Crippen LogP contribution in [0.25, 0.3) is 0 Å². The molecule has 1 aliphatic heterocycles. The summed E-state index contributed by atoms with van der Waals surface area (Å²) in [5.41, 5.74) is 3.34. The number of anilines is 1. The quantitative estimate of drug-likeness (QED) is 0.853. The lowest BCUT2D eigenvalue weighted by Crippen LogP contribution is -2.29. The Morgan fingerprint density at radius 1 is 1.07 bits per heavy atom. The lowest BCUT2D eigenvalue weighted by atomic mass is 10.1. The van der Waals surface area contributed by atoms with E-state index in [0.717, 1.165) is 37.3 Å². The monoisotopic (exact) mass is 367 g/mol. The van der Waals surface area contributed by atoms with Crippen LogP contribution in [0.15, 0.2) is 42.6 Å². The van der Waals surface area contributed by atoms with E-state index in [0.29, 0.717) is 12.4 Å². The van der Waals surface area contributed by atoms with Gasteiger partial charge in [-0.2, -0.15) is 0 Å². The topological polar surface area (TPSA) is 60.5 Å². The van der Waals surface area contributed by atoms with E-state index in [4.69, 9.17) is 0 Å². The number of nitrogens with zero attached hydrogens (tertiary/aromatic N) is 3. The number of nitrogens with one attached hydrogen (secondary N) is 2. The molecule has 2 heterocycles. The Bertz CT molecular complexity index is 746. The van der Waals surface area contributed by atoms with E-state index in [-0.39, 0.29) is 6.03 Å². The number of pyridine rings is 1. The summed E-state index contributed by atoms with van der Waals surface area (Å²) in [6.07, 6.45) is 2.90. The van der Waals surface area contributed by atoms with Crippen molar-refractivity contribution in [2.24, 2.45) is 0 Å². The molecule has 144 valence electrons. The molecule has 2 aromatic rings. The summed E-state index contributed by atoms with van der Waals surface area (Å²) in [7, 11) is 2.19. The largest absolute Gasteiger partial charge is 0.334 e. The van der Waals surface area contributed by atoms with E-state index in [1.54, 1.807) is 6.20 Å². The Balaban J connectivity index is 1.46. The van der Waals surface area contributed by atoms with Crippen molar-refractivity contribution < 1.29 is 4.79 Å². The standard InChI is InChI=1S/C21H29N5O/c1-17-5-3-10-22-20(17)24-21(27)23-15-18-6-8-19(9-7-18)16-26-12-4-11-25(2)13-14-26/h3,5-10H,4,11-16H2,1-2H3,(H2,22,23,24,27). The Labute approximate surface area is 161 Å². The molecule has 0 aliphatic carbocycles. The number of likely N-dealkylation sites (N-methyl/N-ethyl adjacent to an activating group) is 1. The average Bonchev–Trinajstić information content (AvgIpc) is 2.87. The average molecular weight is 367 g/mol. The summed E-state index contributed by atoms with van der Waals surface area (Å²) >= 11 is 0. The first-order valence-corrected chi connectivity index (χ1v) is 9.55. The van der Waals surface area contributed by atoms with Crippen LogP contribution in [0.3, 0.4) is 0 Å². The number of urea groups is 1. The lowest BCUT2D eigenvalue weighted by Gasteiger charge is -2.20. The predicted octanol–water partition coefficient (Wildman–Crippen LogP) is 2.85. The molecule has 1 aromatic heterocycles. The van der Waals surface area contributed by atoms with Gasteiger partial charge in [-0.25, -0.2) is 9.78 Å². The normalized spacial score (nSPS) is 15.9. The zero-order valence-corrected chi connectivity index (χ0v) is 16.2. The van der Waals surface area contributed by atoms with Gasteiger partial charge in [0.25, 0.3) is 0 Å². The van der Waals surface area contributed by atoms with Gasteiger partial charge in [0.15, 0.2) is 0 Å². The van der Waals surface area contributed by atoms with E-state index in [1.807, 2.05) is 19.1 Å². The molecular weight excluding hydrogens is 338 g/mol. The van der Waals surface area contributed by atoms with Gasteiger partial charge in [0, 0.05) is 32.4 Å². The Morgan fingerprint density at radius 3 is 2.63 bits per heavy atom. The second-order valence-electron chi connectivity index (χ2n) is 7.23. The third-order valence-electron chi connectivity index (χ3n) is 4.94.